The van der Waals surface area contributed by atoms with E-state index in [0.717, 1.165) is 11.4 Å². The standard InChI is InChI=1S/C7H10N2O.BrH/c1-10-7-4-2-6(9-8)3-5-7;/h2-5,9H,8H2,1H3;1H. The zero-order valence-electron chi connectivity index (χ0n) is 6.20. The highest BCUT2D eigenvalue weighted by molar-refractivity contribution is 8.93. The quantitative estimate of drug-likeness (QED) is 0.586. The minimum atomic E-state index is 0. The largest absolute Gasteiger partial charge is 0.497 e. The van der Waals surface area contributed by atoms with Gasteiger partial charge in [-0.25, -0.2) is 0 Å². The molecule has 0 atom stereocenters. The summed E-state index contributed by atoms with van der Waals surface area (Å²) in [4.78, 5) is 0. The molecular formula is C7H11BrN2O. The van der Waals surface area contributed by atoms with E-state index in [4.69, 9.17) is 10.6 Å². The number of anilines is 1. The van der Waals surface area contributed by atoms with Crippen LogP contribution in [-0.4, -0.2) is 7.11 Å². The van der Waals surface area contributed by atoms with E-state index < -0.39 is 0 Å². The maximum Gasteiger partial charge on any atom is 0.119 e. The fourth-order valence-corrected chi connectivity index (χ4v) is 0.687. The van der Waals surface area contributed by atoms with Gasteiger partial charge >= 0.3 is 0 Å². The molecule has 3 nitrogen and oxygen atoms in total. The van der Waals surface area contributed by atoms with Crippen LogP contribution in [0, 0.1) is 0 Å². The fraction of sp³-hybridized carbons (Fsp3) is 0.143. The monoisotopic (exact) mass is 218 g/mol. The summed E-state index contributed by atoms with van der Waals surface area (Å²) in [7, 11) is 1.63. The second kappa shape index (κ2) is 4.98. The maximum absolute atomic E-state index is 5.15. The van der Waals surface area contributed by atoms with E-state index in [0.29, 0.717) is 0 Å². The number of methoxy groups -OCH3 is 1. The van der Waals surface area contributed by atoms with Crippen molar-refractivity contribution in [3.8, 4) is 5.75 Å². The number of halogens is 1. The molecule has 1 aromatic carbocycles. The van der Waals surface area contributed by atoms with E-state index >= 15 is 0 Å². The van der Waals surface area contributed by atoms with Crippen molar-refractivity contribution in [2.24, 2.45) is 5.84 Å². The predicted molar refractivity (Wildman–Crippen MR) is 51.1 cm³/mol. The first-order valence-electron chi connectivity index (χ1n) is 2.97. The van der Waals surface area contributed by atoms with Crippen molar-refractivity contribution in [3.05, 3.63) is 24.3 Å². The van der Waals surface area contributed by atoms with Crippen molar-refractivity contribution in [1.29, 1.82) is 0 Å². The van der Waals surface area contributed by atoms with Gasteiger partial charge in [-0.05, 0) is 24.3 Å². The van der Waals surface area contributed by atoms with Crippen LogP contribution < -0.4 is 16.0 Å². The van der Waals surface area contributed by atoms with Gasteiger partial charge in [0.1, 0.15) is 5.75 Å². The molecule has 0 saturated carbocycles. The second-order valence-electron chi connectivity index (χ2n) is 1.87. The van der Waals surface area contributed by atoms with Gasteiger partial charge in [-0.2, -0.15) is 0 Å². The first-order chi connectivity index (χ1) is 4.86. The van der Waals surface area contributed by atoms with E-state index in [-0.39, 0.29) is 17.0 Å². The lowest BCUT2D eigenvalue weighted by Crippen LogP contribution is -2.05. The summed E-state index contributed by atoms with van der Waals surface area (Å²) in [6.45, 7) is 0. The molecule has 0 bridgehead atoms. The molecular weight excluding hydrogens is 208 g/mol. The van der Waals surface area contributed by atoms with Gasteiger partial charge in [0.2, 0.25) is 0 Å². The van der Waals surface area contributed by atoms with Crippen LogP contribution in [0.5, 0.6) is 5.75 Å². The molecule has 1 rings (SSSR count). The molecule has 62 valence electrons. The van der Waals surface area contributed by atoms with Gasteiger partial charge in [0, 0.05) is 5.69 Å². The van der Waals surface area contributed by atoms with Crippen LogP contribution in [-0.2, 0) is 0 Å². The fourth-order valence-electron chi connectivity index (χ4n) is 0.687. The Bertz CT molecular complexity index is 177. The zero-order valence-corrected chi connectivity index (χ0v) is 7.92. The van der Waals surface area contributed by atoms with Crippen LogP contribution in [0.15, 0.2) is 24.3 Å². The summed E-state index contributed by atoms with van der Waals surface area (Å²) in [5, 5.41) is 0. The highest BCUT2D eigenvalue weighted by Gasteiger charge is 1.88. The number of nitrogen functional groups attached to an aromatic ring is 1. The number of nitrogens with two attached hydrogens (primary N) is 1. The number of nitrogens with one attached hydrogen (secondary N) is 1. The summed E-state index contributed by atoms with van der Waals surface area (Å²) in [6.07, 6.45) is 0. The molecule has 0 unspecified atom stereocenters. The van der Waals surface area contributed by atoms with Crippen LogP contribution in [0.2, 0.25) is 0 Å². The van der Waals surface area contributed by atoms with Crippen molar-refractivity contribution < 1.29 is 4.74 Å². The van der Waals surface area contributed by atoms with Crippen LogP contribution in [0.25, 0.3) is 0 Å². The average Bonchev–Trinajstić information content (AvgIpc) is 2.05. The van der Waals surface area contributed by atoms with Crippen molar-refractivity contribution >= 4 is 22.7 Å². The van der Waals surface area contributed by atoms with Crippen molar-refractivity contribution in [2.45, 2.75) is 0 Å². The van der Waals surface area contributed by atoms with Crippen molar-refractivity contribution in [3.63, 3.8) is 0 Å². The molecule has 0 heterocycles. The average molecular weight is 219 g/mol. The normalized spacial score (nSPS) is 8.18. The number of hydrazine groups is 1. The molecule has 4 heteroatoms. The topological polar surface area (TPSA) is 47.3 Å². The van der Waals surface area contributed by atoms with Gasteiger partial charge in [0.25, 0.3) is 0 Å². The smallest absolute Gasteiger partial charge is 0.119 e. The summed E-state index contributed by atoms with van der Waals surface area (Å²) in [5.74, 6) is 5.98. The van der Waals surface area contributed by atoms with Gasteiger partial charge in [-0.1, -0.05) is 0 Å². The molecule has 0 aliphatic heterocycles. The predicted octanol–water partition coefficient (Wildman–Crippen LogP) is 1.56. The Morgan fingerprint density at radius 2 is 1.82 bits per heavy atom. The molecule has 0 aliphatic carbocycles. The molecule has 0 radical (unpaired) electrons. The van der Waals surface area contributed by atoms with Crippen LogP contribution in [0.1, 0.15) is 0 Å². The number of hydrogen-bond acceptors (Lipinski definition) is 3. The van der Waals surface area contributed by atoms with E-state index in [1.165, 1.54) is 0 Å². The molecule has 0 spiro atoms. The Morgan fingerprint density at radius 3 is 2.18 bits per heavy atom. The maximum atomic E-state index is 5.15. The Labute approximate surface area is 76.3 Å². The highest BCUT2D eigenvalue weighted by atomic mass is 79.9. The minimum absolute atomic E-state index is 0. The van der Waals surface area contributed by atoms with E-state index in [1.807, 2.05) is 24.3 Å². The SMILES string of the molecule is Br.COc1ccc(NN)cc1. The van der Waals surface area contributed by atoms with Gasteiger partial charge in [-0.3, -0.25) is 5.84 Å². The van der Waals surface area contributed by atoms with E-state index in [2.05, 4.69) is 5.43 Å². The molecule has 11 heavy (non-hydrogen) atoms. The molecule has 3 N–H and O–H groups in total. The molecule has 0 amide bonds. The molecule has 0 aliphatic rings. The third-order valence-corrected chi connectivity index (χ3v) is 1.26. The molecule has 0 saturated heterocycles. The Balaban J connectivity index is 0.000001000. The lowest BCUT2D eigenvalue weighted by atomic mass is 10.3. The Morgan fingerprint density at radius 1 is 1.27 bits per heavy atom. The first-order valence-corrected chi connectivity index (χ1v) is 2.97. The third kappa shape index (κ3) is 2.78. The lowest BCUT2D eigenvalue weighted by molar-refractivity contribution is 0.415. The summed E-state index contributed by atoms with van der Waals surface area (Å²) < 4.78 is 4.95. The second-order valence-corrected chi connectivity index (χ2v) is 1.87. The highest BCUT2D eigenvalue weighted by Crippen LogP contribution is 2.13. The third-order valence-electron chi connectivity index (χ3n) is 1.26. The first kappa shape index (κ1) is 10.3. The number of rotatable bonds is 2. The Hall–Kier alpha value is -0.740. The molecule has 0 aromatic heterocycles. The van der Waals surface area contributed by atoms with Crippen LogP contribution in [0.4, 0.5) is 5.69 Å². The lowest BCUT2D eigenvalue weighted by Gasteiger charge is -2.00. The van der Waals surface area contributed by atoms with Gasteiger partial charge in [0.15, 0.2) is 0 Å². The number of ether oxygens (including phenoxy) is 1. The van der Waals surface area contributed by atoms with Gasteiger partial charge < -0.3 is 10.2 Å². The summed E-state index contributed by atoms with van der Waals surface area (Å²) >= 11 is 0. The van der Waals surface area contributed by atoms with Crippen molar-refractivity contribution in [1.82, 2.24) is 0 Å². The van der Waals surface area contributed by atoms with E-state index in [1.54, 1.807) is 7.11 Å². The van der Waals surface area contributed by atoms with Crippen LogP contribution >= 0.6 is 17.0 Å². The number of hydrogen-bond donors (Lipinski definition) is 2. The van der Waals surface area contributed by atoms with E-state index in [9.17, 15) is 0 Å². The zero-order chi connectivity index (χ0) is 7.40. The number of benzene rings is 1. The summed E-state index contributed by atoms with van der Waals surface area (Å²) in [6, 6.07) is 7.38. The molecule has 1 aromatic rings. The van der Waals surface area contributed by atoms with Crippen LogP contribution in [0.3, 0.4) is 0 Å². The Kier molecular flexibility index (Phi) is 4.65. The van der Waals surface area contributed by atoms with Crippen molar-refractivity contribution in [2.75, 3.05) is 12.5 Å². The molecule has 0 fully saturated rings. The van der Waals surface area contributed by atoms with Gasteiger partial charge in [-0.15, -0.1) is 17.0 Å². The minimum Gasteiger partial charge on any atom is -0.497 e. The summed E-state index contributed by atoms with van der Waals surface area (Å²) in [5.41, 5.74) is 3.40. The van der Waals surface area contributed by atoms with Gasteiger partial charge in [0.05, 0.1) is 7.11 Å².